The van der Waals surface area contributed by atoms with Crippen LogP contribution in [0.5, 0.6) is 0 Å². The van der Waals surface area contributed by atoms with Gasteiger partial charge in [-0.15, -0.1) is 0 Å². The van der Waals surface area contributed by atoms with Crippen LogP contribution in [0.4, 0.5) is 13.2 Å². The van der Waals surface area contributed by atoms with E-state index < -0.39 is 17.2 Å². The first-order valence-corrected chi connectivity index (χ1v) is 10.1. The first-order chi connectivity index (χ1) is 14.8. The Balaban J connectivity index is 1.82. The average molecular weight is 418 g/mol. The Hall–Kier alpha value is -3.47. The van der Waals surface area contributed by atoms with Gasteiger partial charge < -0.3 is 9.97 Å². The molecule has 1 atom stereocenters. The molecule has 156 valence electrons. The summed E-state index contributed by atoms with van der Waals surface area (Å²) in [6.07, 6.45) is -0.415. The zero-order chi connectivity index (χ0) is 21.8. The van der Waals surface area contributed by atoms with Crippen LogP contribution in [0.3, 0.4) is 0 Å². The zero-order valence-electron chi connectivity index (χ0n) is 17.1. The van der Waals surface area contributed by atoms with Crippen LogP contribution in [0.1, 0.15) is 34.7 Å². The van der Waals surface area contributed by atoms with Crippen LogP contribution in [-0.2, 0) is 11.6 Å². The molecule has 5 rings (SSSR count). The van der Waals surface area contributed by atoms with Crippen LogP contribution < -0.4 is 0 Å². The van der Waals surface area contributed by atoms with Crippen LogP contribution in [-0.4, -0.2) is 9.97 Å². The zero-order valence-corrected chi connectivity index (χ0v) is 17.1. The smallest absolute Gasteiger partial charge is 0.361 e. The molecule has 0 aliphatic carbocycles. The summed E-state index contributed by atoms with van der Waals surface area (Å²) >= 11 is 0. The van der Waals surface area contributed by atoms with Crippen molar-refractivity contribution in [3.63, 3.8) is 0 Å². The lowest BCUT2D eigenvalue weighted by atomic mass is 9.70. The maximum atomic E-state index is 13.2. The topological polar surface area (TPSA) is 31.6 Å². The first kappa shape index (κ1) is 19.5. The minimum absolute atomic E-state index is 0.646. The summed E-state index contributed by atoms with van der Waals surface area (Å²) in [5.41, 5.74) is 4.68. The van der Waals surface area contributed by atoms with E-state index in [4.69, 9.17) is 0 Å². The van der Waals surface area contributed by atoms with Gasteiger partial charge in [0.05, 0.1) is 5.56 Å². The van der Waals surface area contributed by atoms with E-state index in [-0.39, 0.29) is 0 Å². The summed E-state index contributed by atoms with van der Waals surface area (Å²) in [5.74, 6) is 0. The van der Waals surface area contributed by atoms with Crippen LogP contribution >= 0.6 is 0 Å². The van der Waals surface area contributed by atoms with Gasteiger partial charge in [0.15, 0.2) is 0 Å². The molecule has 31 heavy (non-hydrogen) atoms. The lowest BCUT2D eigenvalue weighted by Crippen LogP contribution is -2.25. The van der Waals surface area contributed by atoms with E-state index in [9.17, 15) is 13.2 Å². The van der Waals surface area contributed by atoms with E-state index in [1.54, 1.807) is 12.1 Å². The summed E-state index contributed by atoms with van der Waals surface area (Å²) < 4.78 is 39.6. The minimum atomic E-state index is -4.37. The van der Waals surface area contributed by atoms with Gasteiger partial charge in [-0.2, -0.15) is 13.2 Å². The first-order valence-electron chi connectivity index (χ1n) is 10.1. The van der Waals surface area contributed by atoms with Crippen molar-refractivity contribution in [1.29, 1.82) is 0 Å². The number of halogens is 3. The van der Waals surface area contributed by atoms with Crippen molar-refractivity contribution >= 4 is 21.8 Å². The van der Waals surface area contributed by atoms with Crippen molar-refractivity contribution in [2.45, 2.75) is 25.4 Å². The maximum Gasteiger partial charge on any atom is 0.416 e. The lowest BCUT2D eigenvalue weighted by molar-refractivity contribution is -0.137. The highest BCUT2D eigenvalue weighted by atomic mass is 19.4. The maximum absolute atomic E-state index is 13.2. The summed E-state index contributed by atoms with van der Waals surface area (Å²) in [4.78, 5) is 6.72. The molecule has 5 heteroatoms. The van der Waals surface area contributed by atoms with E-state index in [0.717, 1.165) is 44.1 Å². The lowest BCUT2D eigenvalue weighted by Gasteiger charge is -2.31. The van der Waals surface area contributed by atoms with Gasteiger partial charge >= 0.3 is 6.18 Å². The molecular formula is C26H21F3N2. The highest BCUT2D eigenvalue weighted by Crippen LogP contribution is 2.45. The number of aryl methyl sites for hydroxylation is 1. The third-order valence-electron chi connectivity index (χ3n) is 6.38. The second kappa shape index (κ2) is 6.77. The van der Waals surface area contributed by atoms with Crippen molar-refractivity contribution in [1.82, 2.24) is 9.97 Å². The Labute approximate surface area is 177 Å². The minimum Gasteiger partial charge on any atom is -0.361 e. The monoisotopic (exact) mass is 418 g/mol. The van der Waals surface area contributed by atoms with Gasteiger partial charge in [0.1, 0.15) is 0 Å². The molecule has 0 saturated carbocycles. The SMILES string of the molecule is Cc1cccc2c(C(C)(c3ccc(C(F)(F)F)cc3)c3c[nH]c4ccccc34)c[nH]c12. The van der Waals surface area contributed by atoms with E-state index in [1.807, 2.05) is 55.7 Å². The largest absolute Gasteiger partial charge is 0.416 e. The van der Waals surface area contributed by atoms with Gasteiger partial charge in [-0.3, -0.25) is 0 Å². The number of nitrogens with one attached hydrogen (secondary N) is 2. The molecule has 2 heterocycles. The number of aromatic amines is 2. The van der Waals surface area contributed by atoms with E-state index in [1.165, 1.54) is 12.1 Å². The van der Waals surface area contributed by atoms with Crippen molar-refractivity contribution in [3.05, 3.63) is 107 Å². The molecule has 0 radical (unpaired) electrons. The number of para-hydroxylation sites is 2. The molecule has 0 saturated heterocycles. The summed E-state index contributed by atoms with van der Waals surface area (Å²) in [7, 11) is 0. The molecule has 0 bridgehead atoms. The molecule has 0 aliphatic rings. The predicted octanol–water partition coefficient (Wildman–Crippen LogP) is 7.33. The highest BCUT2D eigenvalue weighted by molar-refractivity contribution is 5.91. The highest BCUT2D eigenvalue weighted by Gasteiger charge is 2.37. The second-order valence-corrected chi connectivity index (χ2v) is 8.15. The number of hydrogen-bond acceptors (Lipinski definition) is 0. The summed E-state index contributed by atoms with van der Waals surface area (Å²) in [6, 6.07) is 19.6. The number of benzene rings is 3. The molecule has 2 nitrogen and oxygen atoms in total. The molecule has 0 amide bonds. The average Bonchev–Trinajstić information content (AvgIpc) is 3.39. The molecule has 0 spiro atoms. The van der Waals surface area contributed by atoms with Gasteiger partial charge in [0.2, 0.25) is 0 Å². The normalized spacial score (nSPS) is 14.2. The van der Waals surface area contributed by atoms with Crippen LogP contribution in [0.2, 0.25) is 0 Å². The van der Waals surface area contributed by atoms with Crippen LogP contribution in [0.15, 0.2) is 79.1 Å². The Morgan fingerprint density at radius 1 is 0.677 bits per heavy atom. The molecule has 2 aromatic heterocycles. The van der Waals surface area contributed by atoms with Gasteiger partial charge in [0, 0.05) is 39.6 Å². The predicted molar refractivity (Wildman–Crippen MR) is 118 cm³/mol. The Kier molecular flexibility index (Phi) is 4.26. The van der Waals surface area contributed by atoms with Gasteiger partial charge in [-0.1, -0.05) is 48.5 Å². The number of fused-ring (bicyclic) bond motifs is 2. The second-order valence-electron chi connectivity index (χ2n) is 8.15. The fraction of sp³-hybridized carbons (Fsp3) is 0.154. The summed E-state index contributed by atoms with van der Waals surface area (Å²) in [5, 5.41) is 2.11. The van der Waals surface area contributed by atoms with Crippen molar-refractivity contribution in [2.75, 3.05) is 0 Å². The molecule has 0 fully saturated rings. The molecule has 3 aromatic carbocycles. The van der Waals surface area contributed by atoms with Gasteiger partial charge in [-0.25, -0.2) is 0 Å². The fourth-order valence-corrected chi connectivity index (χ4v) is 4.65. The third-order valence-corrected chi connectivity index (χ3v) is 6.38. The van der Waals surface area contributed by atoms with E-state index in [0.29, 0.717) is 0 Å². The molecule has 0 aliphatic heterocycles. The Morgan fingerprint density at radius 2 is 1.29 bits per heavy atom. The van der Waals surface area contributed by atoms with Crippen LogP contribution in [0, 0.1) is 6.92 Å². The Bertz CT molecular complexity index is 1390. The van der Waals surface area contributed by atoms with Crippen molar-refractivity contribution in [2.24, 2.45) is 0 Å². The van der Waals surface area contributed by atoms with E-state index in [2.05, 4.69) is 23.0 Å². The Morgan fingerprint density at radius 3 is 2.03 bits per heavy atom. The summed E-state index contributed by atoms with van der Waals surface area (Å²) in [6.45, 7) is 4.12. The van der Waals surface area contributed by atoms with Crippen molar-refractivity contribution < 1.29 is 13.2 Å². The van der Waals surface area contributed by atoms with Gasteiger partial charge in [-0.05, 0) is 54.3 Å². The van der Waals surface area contributed by atoms with Gasteiger partial charge in [0.25, 0.3) is 0 Å². The molecule has 2 N–H and O–H groups in total. The van der Waals surface area contributed by atoms with Crippen molar-refractivity contribution in [3.8, 4) is 0 Å². The molecular weight excluding hydrogens is 397 g/mol. The molecule has 1 unspecified atom stereocenters. The number of rotatable bonds is 3. The number of H-pyrrole nitrogens is 2. The number of aromatic nitrogens is 2. The van der Waals surface area contributed by atoms with Crippen LogP contribution in [0.25, 0.3) is 21.8 Å². The standard InChI is InChI=1S/C26H21F3N2/c1-16-6-5-8-20-22(15-31-24(16)20)25(2,17-10-12-18(13-11-17)26(27,28)29)21-14-30-23-9-4-3-7-19(21)23/h3-15,30-31H,1-2H3. The number of alkyl halides is 3. The molecule has 5 aromatic rings. The fourth-order valence-electron chi connectivity index (χ4n) is 4.65. The third kappa shape index (κ3) is 2.95. The quantitative estimate of drug-likeness (QED) is 0.307. The van der Waals surface area contributed by atoms with E-state index >= 15 is 0 Å². The number of hydrogen-bond donors (Lipinski definition) is 2.